The number of hydrogen-bond acceptors (Lipinski definition) is 2. The molecule has 0 aliphatic heterocycles. The Labute approximate surface area is 122 Å². The topological polar surface area (TPSA) is 51.1 Å². The fourth-order valence-corrected chi connectivity index (χ4v) is 2.00. The largest absolute Gasteiger partial charge is 0.352 e. The lowest BCUT2D eigenvalue weighted by atomic mass is 10.1. The molecule has 1 N–H and O–H groups in total. The average molecular weight is 288 g/mol. The number of nitrogens with one attached hydrogen (secondary N) is 1. The predicted octanol–water partition coefficient (Wildman–Crippen LogP) is 1.77. The third-order valence-electron chi connectivity index (χ3n) is 3.17. The highest BCUT2D eigenvalue weighted by Crippen LogP contribution is 2.06. The van der Waals surface area contributed by atoms with E-state index < -0.39 is 0 Å². The maximum atomic E-state index is 13.0. The van der Waals surface area contributed by atoms with Gasteiger partial charge in [-0.25, -0.2) is 4.39 Å². The van der Waals surface area contributed by atoms with Crippen molar-refractivity contribution in [2.75, 3.05) is 0 Å². The van der Waals surface area contributed by atoms with Gasteiger partial charge in [-0.15, -0.1) is 0 Å². The Bertz CT molecular complexity index is 695. The average Bonchev–Trinajstić information content (AvgIpc) is 2.46. The first-order valence-corrected chi connectivity index (χ1v) is 6.71. The molecule has 0 fully saturated rings. The van der Waals surface area contributed by atoms with Gasteiger partial charge in [-0.05, 0) is 29.7 Å². The van der Waals surface area contributed by atoms with Gasteiger partial charge < -0.3 is 9.88 Å². The Balaban J connectivity index is 1.82. The van der Waals surface area contributed by atoms with E-state index in [2.05, 4.69) is 5.32 Å². The highest BCUT2D eigenvalue weighted by molar-refractivity contribution is 5.76. The van der Waals surface area contributed by atoms with Gasteiger partial charge in [-0.1, -0.05) is 18.2 Å². The highest BCUT2D eigenvalue weighted by Gasteiger charge is 2.04. The van der Waals surface area contributed by atoms with Crippen LogP contribution in [-0.2, 0) is 24.8 Å². The lowest BCUT2D eigenvalue weighted by Crippen LogP contribution is -2.24. The minimum absolute atomic E-state index is 0.0869. The molecule has 0 saturated heterocycles. The third-order valence-corrected chi connectivity index (χ3v) is 3.17. The molecule has 0 unspecified atom stereocenters. The molecule has 4 nitrogen and oxygen atoms in total. The van der Waals surface area contributed by atoms with Crippen LogP contribution in [0.25, 0.3) is 0 Å². The molecular weight excluding hydrogens is 271 g/mol. The molecule has 0 saturated carbocycles. The normalized spacial score (nSPS) is 10.4. The summed E-state index contributed by atoms with van der Waals surface area (Å²) < 4.78 is 14.5. The molecule has 1 aromatic carbocycles. The van der Waals surface area contributed by atoms with E-state index in [9.17, 15) is 14.0 Å². The van der Waals surface area contributed by atoms with Crippen LogP contribution in [-0.4, -0.2) is 10.5 Å². The Kier molecular flexibility index (Phi) is 4.87. The van der Waals surface area contributed by atoms with Gasteiger partial charge in [0.1, 0.15) is 5.82 Å². The van der Waals surface area contributed by atoms with E-state index in [0.29, 0.717) is 19.4 Å². The molecule has 2 rings (SSSR count). The lowest BCUT2D eigenvalue weighted by Gasteiger charge is -2.07. The van der Waals surface area contributed by atoms with E-state index in [0.717, 1.165) is 11.1 Å². The van der Waals surface area contributed by atoms with Gasteiger partial charge in [0.05, 0.1) is 0 Å². The molecule has 1 aromatic heterocycles. The molecule has 2 aromatic rings. The predicted molar refractivity (Wildman–Crippen MR) is 78.3 cm³/mol. The van der Waals surface area contributed by atoms with Crippen molar-refractivity contribution in [2.24, 2.45) is 7.05 Å². The highest BCUT2D eigenvalue weighted by atomic mass is 19.1. The van der Waals surface area contributed by atoms with Crippen LogP contribution in [0.15, 0.2) is 47.4 Å². The van der Waals surface area contributed by atoms with Crippen molar-refractivity contribution < 1.29 is 9.18 Å². The quantitative estimate of drug-likeness (QED) is 0.911. The molecule has 0 radical (unpaired) electrons. The minimum atomic E-state index is -0.293. The summed E-state index contributed by atoms with van der Waals surface area (Å²) in [4.78, 5) is 23.0. The number of pyridine rings is 1. The van der Waals surface area contributed by atoms with Gasteiger partial charge in [0.15, 0.2) is 0 Å². The van der Waals surface area contributed by atoms with Crippen LogP contribution in [0.4, 0.5) is 4.39 Å². The van der Waals surface area contributed by atoms with Crippen LogP contribution in [0, 0.1) is 5.82 Å². The Morgan fingerprint density at radius 2 is 2.05 bits per heavy atom. The lowest BCUT2D eigenvalue weighted by molar-refractivity contribution is -0.121. The van der Waals surface area contributed by atoms with E-state index in [1.54, 1.807) is 31.4 Å². The summed E-state index contributed by atoms with van der Waals surface area (Å²) in [5.41, 5.74) is 1.57. The van der Waals surface area contributed by atoms with Crippen LogP contribution in [0.5, 0.6) is 0 Å². The molecule has 0 atom stereocenters. The van der Waals surface area contributed by atoms with Crippen molar-refractivity contribution in [3.05, 3.63) is 69.9 Å². The summed E-state index contributed by atoms with van der Waals surface area (Å²) in [6.45, 7) is 0.371. The van der Waals surface area contributed by atoms with Crippen molar-refractivity contribution in [3.63, 3.8) is 0 Å². The van der Waals surface area contributed by atoms with Gasteiger partial charge in [0.2, 0.25) is 11.5 Å². The molecule has 110 valence electrons. The van der Waals surface area contributed by atoms with Gasteiger partial charge >= 0.3 is 0 Å². The van der Waals surface area contributed by atoms with Gasteiger partial charge in [0, 0.05) is 32.3 Å². The first kappa shape index (κ1) is 15.0. The van der Waals surface area contributed by atoms with Crippen molar-refractivity contribution in [3.8, 4) is 0 Å². The summed E-state index contributed by atoms with van der Waals surface area (Å²) in [5, 5.41) is 2.78. The zero-order chi connectivity index (χ0) is 15.2. The molecule has 5 heteroatoms. The fourth-order valence-electron chi connectivity index (χ4n) is 2.00. The summed E-state index contributed by atoms with van der Waals surface area (Å²) in [5.74, 6) is -0.397. The maximum Gasteiger partial charge on any atom is 0.250 e. The van der Waals surface area contributed by atoms with Crippen LogP contribution in [0.3, 0.4) is 0 Å². The number of carbonyl (C=O) groups is 1. The zero-order valence-corrected chi connectivity index (χ0v) is 11.8. The third kappa shape index (κ3) is 4.56. The number of benzene rings is 1. The number of aromatic nitrogens is 1. The summed E-state index contributed by atoms with van der Waals surface area (Å²) >= 11 is 0. The smallest absolute Gasteiger partial charge is 0.250 e. The summed E-state index contributed by atoms with van der Waals surface area (Å²) in [6.07, 6.45) is 2.49. The Morgan fingerprint density at radius 1 is 1.24 bits per heavy atom. The van der Waals surface area contributed by atoms with Gasteiger partial charge in [0.25, 0.3) is 0 Å². The molecule has 0 spiro atoms. The molecule has 0 bridgehead atoms. The number of nitrogens with zero attached hydrogens (tertiary/aromatic N) is 1. The van der Waals surface area contributed by atoms with E-state index in [1.165, 1.54) is 22.8 Å². The number of amides is 1. The Hall–Kier alpha value is -2.43. The molecular formula is C16H17FN2O2. The molecule has 0 aliphatic carbocycles. The van der Waals surface area contributed by atoms with Gasteiger partial charge in [-0.3, -0.25) is 9.59 Å². The van der Waals surface area contributed by atoms with Gasteiger partial charge in [-0.2, -0.15) is 0 Å². The van der Waals surface area contributed by atoms with Crippen LogP contribution in [0.1, 0.15) is 17.5 Å². The summed E-state index contributed by atoms with van der Waals surface area (Å²) in [6, 6.07) is 9.39. The van der Waals surface area contributed by atoms with Crippen LogP contribution >= 0.6 is 0 Å². The first-order chi connectivity index (χ1) is 10.0. The number of aryl methyl sites for hydroxylation is 2. The first-order valence-electron chi connectivity index (χ1n) is 6.71. The van der Waals surface area contributed by atoms with E-state index in [-0.39, 0.29) is 17.3 Å². The van der Waals surface area contributed by atoms with Crippen molar-refractivity contribution >= 4 is 5.91 Å². The minimum Gasteiger partial charge on any atom is -0.352 e. The number of rotatable bonds is 5. The van der Waals surface area contributed by atoms with E-state index >= 15 is 0 Å². The summed E-state index contributed by atoms with van der Waals surface area (Å²) in [7, 11) is 1.66. The second-order valence-electron chi connectivity index (χ2n) is 4.89. The number of halogens is 1. The molecule has 1 amide bonds. The molecule has 21 heavy (non-hydrogen) atoms. The molecule has 1 heterocycles. The van der Waals surface area contributed by atoms with Crippen LogP contribution < -0.4 is 10.9 Å². The standard InChI is InChI=1S/C16H17FN2O2/c1-19-11-13(6-8-16(19)21)10-18-15(20)7-5-12-3-2-4-14(17)9-12/h2-4,6,8-9,11H,5,7,10H2,1H3,(H,18,20). The fraction of sp³-hybridized carbons (Fsp3) is 0.250. The maximum absolute atomic E-state index is 13.0. The second-order valence-corrected chi connectivity index (χ2v) is 4.89. The van der Waals surface area contributed by atoms with Crippen LogP contribution in [0.2, 0.25) is 0 Å². The molecule has 0 aliphatic rings. The Morgan fingerprint density at radius 3 is 2.76 bits per heavy atom. The second kappa shape index (κ2) is 6.83. The van der Waals surface area contributed by atoms with Crippen molar-refractivity contribution in [1.82, 2.24) is 9.88 Å². The number of carbonyl (C=O) groups excluding carboxylic acids is 1. The SMILES string of the molecule is Cn1cc(CNC(=O)CCc2cccc(F)c2)ccc1=O. The number of hydrogen-bond donors (Lipinski definition) is 1. The monoisotopic (exact) mass is 288 g/mol. The zero-order valence-electron chi connectivity index (χ0n) is 11.8. The van der Waals surface area contributed by atoms with E-state index in [4.69, 9.17) is 0 Å². The van der Waals surface area contributed by atoms with Crippen molar-refractivity contribution in [2.45, 2.75) is 19.4 Å². The van der Waals surface area contributed by atoms with E-state index in [1.807, 2.05) is 0 Å². The van der Waals surface area contributed by atoms with Crippen molar-refractivity contribution in [1.29, 1.82) is 0 Å².